The molecule has 0 heterocycles. The number of rotatable bonds is 5. The summed E-state index contributed by atoms with van der Waals surface area (Å²) in [7, 11) is -1.89. The molecule has 0 aromatic rings. The van der Waals surface area contributed by atoms with E-state index in [-0.39, 0.29) is 29.1 Å². The topological polar surface area (TPSA) is 42.3 Å². The summed E-state index contributed by atoms with van der Waals surface area (Å²) in [6, 6.07) is 0. The van der Waals surface area contributed by atoms with Gasteiger partial charge in [0.1, 0.15) is 6.10 Å². The molecule has 25 heavy (non-hydrogen) atoms. The molecule has 0 saturated heterocycles. The van der Waals surface area contributed by atoms with Crippen molar-refractivity contribution in [2.45, 2.75) is 87.5 Å². The first-order chi connectivity index (χ1) is 11.3. The lowest BCUT2D eigenvalue weighted by Crippen LogP contribution is -2.49. The van der Waals surface area contributed by atoms with Crippen LogP contribution in [0.15, 0.2) is 12.2 Å². The minimum Gasteiger partial charge on any atom is -0.470 e. The summed E-state index contributed by atoms with van der Waals surface area (Å²) in [4.78, 5) is 0. The maximum absolute atomic E-state index is 7.93. The maximum atomic E-state index is 7.93. The van der Waals surface area contributed by atoms with Crippen LogP contribution in [-0.4, -0.2) is 30.2 Å². The Labute approximate surface area is 169 Å². The van der Waals surface area contributed by atoms with Gasteiger partial charge >= 0.3 is 0 Å². The van der Waals surface area contributed by atoms with Gasteiger partial charge in [-0.05, 0) is 44.0 Å². The van der Waals surface area contributed by atoms with Crippen molar-refractivity contribution in [1.29, 1.82) is 5.41 Å². The lowest BCUT2D eigenvalue weighted by atomic mass is 9.82. The molecule has 1 rings (SSSR count). The second-order valence-corrected chi connectivity index (χ2v) is 15.3. The summed E-state index contributed by atoms with van der Waals surface area (Å²) in [5, 5.41) is 8.08. The van der Waals surface area contributed by atoms with Gasteiger partial charge in [-0.2, -0.15) is 0 Å². The average Bonchev–Trinajstić information content (AvgIpc) is 2.44. The second kappa shape index (κ2) is 8.96. The van der Waals surface area contributed by atoms with Gasteiger partial charge in [0.05, 0.1) is 6.10 Å². The van der Waals surface area contributed by atoms with Gasteiger partial charge in [0.15, 0.2) is 8.32 Å². The Bertz CT molecular complexity index is 484. The quantitative estimate of drug-likeness (QED) is 0.170. The van der Waals surface area contributed by atoms with Gasteiger partial charge in [0.2, 0.25) is 5.90 Å². The standard InChI is InChI=1S/C18H32Cl3NO2Si/c1-7-10-14(23-16(22)18(19,20)21)13-11-8-9-12-15(13)24-25(5,6)17(2,3)4/h7,10,13-15,22H,8-9,11-12H2,1-6H3/t13-,14+,15-/m0/s1. The smallest absolute Gasteiger partial charge is 0.265 e. The maximum Gasteiger partial charge on any atom is 0.265 e. The second-order valence-electron chi connectivity index (χ2n) is 8.30. The zero-order valence-corrected chi connectivity index (χ0v) is 19.4. The molecule has 1 aliphatic carbocycles. The zero-order chi connectivity index (χ0) is 19.5. The SMILES string of the molecule is CC=C[C@@H](OC(=N)C(Cl)(Cl)Cl)[C@@H]1CCCC[C@@H]1O[Si](C)(C)C(C)(C)C. The van der Waals surface area contributed by atoms with Crippen molar-refractivity contribution >= 4 is 49.0 Å². The average molecular weight is 429 g/mol. The van der Waals surface area contributed by atoms with E-state index in [9.17, 15) is 0 Å². The number of allylic oxidation sites excluding steroid dienone is 1. The highest BCUT2D eigenvalue weighted by atomic mass is 35.6. The number of alkyl halides is 3. The summed E-state index contributed by atoms with van der Waals surface area (Å²) in [5.41, 5.74) is 0. The predicted molar refractivity (Wildman–Crippen MR) is 112 cm³/mol. The third-order valence-electron chi connectivity index (χ3n) is 5.32. The van der Waals surface area contributed by atoms with E-state index in [4.69, 9.17) is 49.4 Å². The zero-order valence-electron chi connectivity index (χ0n) is 16.2. The number of hydrogen-bond donors (Lipinski definition) is 1. The first-order valence-corrected chi connectivity index (χ1v) is 13.0. The van der Waals surface area contributed by atoms with Gasteiger partial charge in [0, 0.05) is 5.92 Å². The fourth-order valence-corrected chi connectivity index (χ4v) is 4.40. The van der Waals surface area contributed by atoms with Gasteiger partial charge in [-0.1, -0.05) is 74.5 Å². The first kappa shape index (κ1) is 23.3. The minimum absolute atomic E-state index is 0.110. The first-order valence-electron chi connectivity index (χ1n) is 8.92. The predicted octanol–water partition coefficient (Wildman–Crippen LogP) is 6.88. The summed E-state index contributed by atoms with van der Waals surface area (Å²) in [6.45, 7) is 13.2. The van der Waals surface area contributed by atoms with E-state index >= 15 is 0 Å². The molecule has 0 aliphatic heterocycles. The van der Waals surface area contributed by atoms with Crippen LogP contribution >= 0.6 is 34.8 Å². The third-order valence-corrected chi connectivity index (χ3v) is 10.3. The number of hydrogen-bond acceptors (Lipinski definition) is 3. The highest BCUT2D eigenvalue weighted by Gasteiger charge is 2.43. The van der Waals surface area contributed by atoms with Crippen molar-refractivity contribution in [3.05, 3.63) is 12.2 Å². The highest BCUT2D eigenvalue weighted by molar-refractivity contribution is 6.76. The molecule has 0 unspecified atom stereocenters. The van der Waals surface area contributed by atoms with E-state index < -0.39 is 12.1 Å². The van der Waals surface area contributed by atoms with Crippen molar-refractivity contribution in [2.75, 3.05) is 0 Å². The van der Waals surface area contributed by atoms with Gasteiger partial charge in [-0.15, -0.1) is 0 Å². The molecule has 7 heteroatoms. The Balaban J connectivity index is 2.99. The van der Waals surface area contributed by atoms with E-state index in [2.05, 4.69) is 33.9 Å². The molecule has 0 amide bonds. The van der Waals surface area contributed by atoms with Gasteiger partial charge < -0.3 is 9.16 Å². The lowest BCUT2D eigenvalue weighted by Gasteiger charge is -2.44. The summed E-state index contributed by atoms with van der Waals surface area (Å²) < 4.78 is 10.6. The van der Waals surface area contributed by atoms with E-state index in [0.717, 1.165) is 25.7 Å². The fraction of sp³-hybridized carbons (Fsp3) is 0.833. The minimum atomic E-state index is -1.89. The van der Waals surface area contributed by atoms with E-state index in [1.54, 1.807) is 0 Å². The molecule has 0 aromatic heterocycles. The van der Waals surface area contributed by atoms with Crippen LogP contribution in [0.4, 0.5) is 0 Å². The summed E-state index contributed by atoms with van der Waals surface area (Å²) in [5.74, 6) is -0.177. The molecular formula is C18H32Cl3NO2Si. The van der Waals surface area contributed by atoms with Crippen LogP contribution in [0.2, 0.25) is 18.1 Å². The Kier molecular flexibility index (Phi) is 8.35. The molecule has 0 radical (unpaired) electrons. The molecule has 1 N–H and O–H groups in total. The van der Waals surface area contributed by atoms with Gasteiger partial charge in [0.25, 0.3) is 3.79 Å². The molecule has 1 saturated carbocycles. The van der Waals surface area contributed by atoms with Crippen LogP contribution in [0.25, 0.3) is 0 Å². The van der Waals surface area contributed by atoms with Crippen molar-refractivity contribution in [3.8, 4) is 0 Å². The largest absolute Gasteiger partial charge is 0.470 e. The highest BCUT2D eigenvalue weighted by Crippen LogP contribution is 2.41. The Morgan fingerprint density at radius 2 is 1.72 bits per heavy atom. The molecule has 1 aliphatic rings. The summed E-state index contributed by atoms with van der Waals surface area (Å²) in [6.07, 6.45) is 7.94. The Morgan fingerprint density at radius 1 is 1.16 bits per heavy atom. The van der Waals surface area contributed by atoms with Crippen LogP contribution in [-0.2, 0) is 9.16 Å². The molecular weight excluding hydrogens is 397 g/mol. The molecule has 3 atom stereocenters. The summed E-state index contributed by atoms with van der Waals surface area (Å²) >= 11 is 17.4. The van der Waals surface area contributed by atoms with Gasteiger partial charge in [-0.25, -0.2) is 0 Å². The monoisotopic (exact) mass is 427 g/mol. The molecule has 1 fully saturated rings. The van der Waals surface area contributed by atoms with Crippen LogP contribution in [0.5, 0.6) is 0 Å². The third kappa shape index (κ3) is 6.73. The van der Waals surface area contributed by atoms with Crippen LogP contribution in [0.1, 0.15) is 53.4 Å². The normalized spacial score (nSPS) is 24.4. The van der Waals surface area contributed by atoms with Crippen LogP contribution in [0.3, 0.4) is 0 Å². The lowest BCUT2D eigenvalue weighted by molar-refractivity contribution is 0.0191. The molecule has 0 aromatic carbocycles. The Hall–Kier alpha value is 0.257. The van der Waals surface area contributed by atoms with E-state index in [1.165, 1.54) is 0 Å². The van der Waals surface area contributed by atoms with Crippen LogP contribution in [0, 0.1) is 11.3 Å². The number of ether oxygens (including phenoxy) is 1. The van der Waals surface area contributed by atoms with E-state index in [1.807, 2.05) is 19.1 Å². The van der Waals surface area contributed by atoms with Crippen molar-refractivity contribution in [1.82, 2.24) is 0 Å². The number of nitrogens with one attached hydrogen (secondary N) is 1. The molecule has 3 nitrogen and oxygen atoms in total. The van der Waals surface area contributed by atoms with Crippen molar-refractivity contribution in [3.63, 3.8) is 0 Å². The fourth-order valence-electron chi connectivity index (χ4n) is 2.86. The van der Waals surface area contributed by atoms with E-state index in [0.29, 0.717) is 0 Å². The van der Waals surface area contributed by atoms with Crippen molar-refractivity contribution in [2.24, 2.45) is 5.92 Å². The van der Waals surface area contributed by atoms with Crippen molar-refractivity contribution < 1.29 is 9.16 Å². The molecule has 0 bridgehead atoms. The number of halogens is 3. The molecule has 146 valence electrons. The van der Waals surface area contributed by atoms with Crippen LogP contribution < -0.4 is 0 Å². The van der Waals surface area contributed by atoms with Gasteiger partial charge in [-0.3, -0.25) is 5.41 Å². The Morgan fingerprint density at radius 3 is 2.20 bits per heavy atom. The molecule has 0 spiro atoms.